The van der Waals surface area contributed by atoms with E-state index in [9.17, 15) is 28.0 Å². The first-order valence-corrected chi connectivity index (χ1v) is 12.4. The molecular weight excluding hydrogens is 498 g/mol. The molecule has 200 valence electrons. The number of rotatable bonds is 4. The first-order chi connectivity index (χ1) is 18.0. The normalized spacial score (nSPS) is 23.6. The second-order valence-electron chi connectivity index (χ2n) is 10.5. The Labute approximate surface area is 218 Å². The monoisotopic (exact) mass is 526 g/mol. The summed E-state index contributed by atoms with van der Waals surface area (Å²) in [6.07, 6.45) is 0.867. The number of imide groups is 1. The molecule has 2 aliphatic heterocycles. The molecule has 38 heavy (non-hydrogen) atoms. The summed E-state index contributed by atoms with van der Waals surface area (Å²) in [5.41, 5.74) is 0.0920. The van der Waals surface area contributed by atoms with Crippen LogP contribution in [0, 0.1) is 11.6 Å². The molecule has 2 saturated heterocycles. The van der Waals surface area contributed by atoms with Gasteiger partial charge in [-0.1, -0.05) is 12.1 Å². The van der Waals surface area contributed by atoms with Gasteiger partial charge in [-0.25, -0.2) is 23.3 Å². The van der Waals surface area contributed by atoms with Gasteiger partial charge >= 0.3 is 12.1 Å². The van der Waals surface area contributed by atoms with Gasteiger partial charge in [-0.3, -0.25) is 9.59 Å². The zero-order valence-corrected chi connectivity index (χ0v) is 21.3. The number of benzene rings is 2. The summed E-state index contributed by atoms with van der Waals surface area (Å²) in [6.45, 7) is 3.18. The minimum absolute atomic E-state index is 0.216. The average molecular weight is 527 g/mol. The highest BCUT2D eigenvalue weighted by Gasteiger charge is 2.59. The Bertz CT molecular complexity index is 1360. The van der Waals surface area contributed by atoms with Crippen LogP contribution in [-0.2, 0) is 26.3 Å². The molecule has 0 saturated carbocycles. The van der Waals surface area contributed by atoms with Crippen LogP contribution < -0.4 is 10.6 Å². The van der Waals surface area contributed by atoms with Gasteiger partial charge in [0.25, 0.3) is 5.91 Å². The van der Waals surface area contributed by atoms with E-state index in [-0.39, 0.29) is 6.42 Å². The van der Waals surface area contributed by atoms with Crippen LogP contribution in [0.25, 0.3) is 0 Å². The fraction of sp³-hybridized carbons (Fsp3) is 0.407. The van der Waals surface area contributed by atoms with Crippen LogP contribution in [-0.4, -0.2) is 52.9 Å². The SMILES string of the molecule is CNC(=O)Nc1ccc2c(c1)CCC21OC(=O)N(CC(=O)N2C(c3ccc(F)c(F)c3)CCC2(C)C)C1=O. The molecule has 0 radical (unpaired) electrons. The van der Waals surface area contributed by atoms with E-state index in [0.29, 0.717) is 36.1 Å². The molecule has 2 atom stereocenters. The lowest BCUT2D eigenvalue weighted by molar-refractivity contribution is -0.144. The molecule has 5 rings (SSSR count). The summed E-state index contributed by atoms with van der Waals surface area (Å²) in [5.74, 6) is -3.10. The number of likely N-dealkylation sites (tertiary alicyclic amines) is 1. The Morgan fingerprint density at radius 1 is 1.08 bits per heavy atom. The maximum absolute atomic E-state index is 14.0. The Morgan fingerprint density at radius 2 is 1.84 bits per heavy atom. The zero-order chi connectivity index (χ0) is 27.4. The van der Waals surface area contributed by atoms with Crippen molar-refractivity contribution < 1.29 is 32.7 Å². The van der Waals surface area contributed by atoms with E-state index in [4.69, 9.17) is 4.74 Å². The van der Waals surface area contributed by atoms with Crippen LogP contribution in [0.2, 0.25) is 0 Å². The number of hydrogen-bond donors (Lipinski definition) is 2. The van der Waals surface area contributed by atoms with Crippen LogP contribution in [0.1, 0.15) is 55.8 Å². The van der Waals surface area contributed by atoms with E-state index in [0.717, 1.165) is 22.6 Å². The van der Waals surface area contributed by atoms with Gasteiger partial charge in [-0.2, -0.15) is 0 Å². The summed E-state index contributed by atoms with van der Waals surface area (Å²) < 4.78 is 33.1. The zero-order valence-electron chi connectivity index (χ0n) is 21.3. The number of hydrogen-bond acceptors (Lipinski definition) is 5. The van der Waals surface area contributed by atoms with Crippen molar-refractivity contribution in [3.8, 4) is 0 Å². The van der Waals surface area contributed by atoms with Gasteiger partial charge in [0.15, 0.2) is 11.6 Å². The van der Waals surface area contributed by atoms with Crippen LogP contribution in [0.3, 0.4) is 0 Å². The molecule has 11 heteroatoms. The van der Waals surface area contributed by atoms with Crippen molar-refractivity contribution in [3.63, 3.8) is 0 Å². The summed E-state index contributed by atoms with van der Waals surface area (Å²) in [6, 6.07) is 7.62. The highest BCUT2D eigenvalue weighted by atomic mass is 19.2. The third-order valence-electron chi connectivity index (χ3n) is 7.73. The molecular formula is C27H28F2N4O5. The molecule has 5 amide bonds. The predicted molar refractivity (Wildman–Crippen MR) is 132 cm³/mol. The van der Waals surface area contributed by atoms with Gasteiger partial charge < -0.3 is 20.3 Å². The molecule has 3 aliphatic rings. The van der Waals surface area contributed by atoms with Crippen molar-refractivity contribution in [2.75, 3.05) is 18.9 Å². The lowest BCUT2D eigenvalue weighted by Gasteiger charge is -2.37. The van der Waals surface area contributed by atoms with Crippen molar-refractivity contribution in [3.05, 3.63) is 64.7 Å². The topological polar surface area (TPSA) is 108 Å². The minimum Gasteiger partial charge on any atom is -0.427 e. The second kappa shape index (κ2) is 9.07. The maximum atomic E-state index is 14.0. The van der Waals surface area contributed by atoms with Gasteiger partial charge in [0.05, 0.1) is 6.04 Å². The quantitative estimate of drug-likeness (QED) is 0.627. The lowest BCUT2D eigenvalue weighted by Crippen LogP contribution is -2.50. The first-order valence-electron chi connectivity index (χ1n) is 12.4. The number of ether oxygens (including phenoxy) is 1. The van der Waals surface area contributed by atoms with Crippen molar-refractivity contribution in [1.82, 2.24) is 15.1 Å². The largest absolute Gasteiger partial charge is 0.427 e. The number of urea groups is 1. The summed E-state index contributed by atoms with van der Waals surface area (Å²) in [7, 11) is 1.49. The third kappa shape index (κ3) is 4.06. The number of nitrogens with zero attached hydrogens (tertiary/aromatic N) is 2. The molecule has 9 nitrogen and oxygen atoms in total. The Kier molecular flexibility index (Phi) is 6.12. The number of nitrogens with one attached hydrogen (secondary N) is 2. The first kappa shape index (κ1) is 25.6. The fourth-order valence-corrected chi connectivity index (χ4v) is 5.84. The summed E-state index contributed by atoms with van der Waals surface area (Å²) >= 11 is 0. The van der Waals surface area contributed by atoms with Crippen molar-refractivity contribution >= 4 is 29.6 Å². The number of amides is 5. The highest BCUT2D eigenvalue weighted by Crippen LogP contribution is 2.47. The van der Waals surface area contributed by atoms with E-state index in [1.165, 1.54) is 13.1 Å². The Balaban J connectivity index is 1.38. The molecule has 0 aromatic heterocycles. The van der Waals surface area contributed by atoms with E-state index in [1.807, 2.05) is 13.8 Å². The lowest BCUT2D eigenvalue weighted by atomic mass is 9.94. The Hall–Kier alpha value is -4.02. The minimum atomic E-state index is -1.53. The second-order valence-corrected chi connectivity index (χ2v) is 10.5. The van der Waals surface area contributed by atoms with Crippen molar-refractivity contribution in [2.24, 2.45) is 0 Å². The molecule has 1 aliphatic carbocycles. The van der Waals surface area contributed by atoms with E-state index in [1.54, 1.807) is 23.1 Å². The van der Waals surface area contributed by atoms with Crippen molar-refractivity contribution in [1.29, 1.82) is 0 Å². The smallest absolute Gasteiger partial charge is 0.418 e. The van der Waals surface area contributed by atoms with Gasteiger partial charge in [0, 0.05) is 30.3 Å². The van der Waals surface area contributed by atoms with Crippen LogP contribution in [0.4, 0.5) is 24.1 Å². The highest BCUT2D eigenvalue weighted by molar-refractivity contribution is 6.06. The maximum Gasteiger partial charge on any atom is 0.418 e. The number of carbonyl (C=O) groups is 4. The van der Waals surface area contributed by atoms with Crippen LogP contribution in [0.15, 0.2) is 36.4 Å². The molecule has 2 aromatic carbocycles. The van der Waals surface area contributed by atoms with Crippen LogP contribution in [0.5, 0.6) is 0 Å². The molecule has 0 bridgehead atoms. The fourth-order valence-electron chi connectivity index (χ4n) is 5.84. The molecule has 2 N–H and O–H groups in total. The van der Waals surface area contributed by atoms with Gasteiger partial charge in [-0.15, -0.1) is 0 Å². The number of fused-ring (bicyclic) bond motifs is 2. The summed E-state index contributed by atoms with van der Waals surface area (Å²) in [5, 5.41) is 5.13. The number of aryl methyl sites for hydroxylation is 1. The van der Waals surface area contributed by atoms with Gasteiger partial charge in [0.2, 0.25) is 11.5 Å². The predicted octanol–water partition coefficient (Wildman–Crippen LogP) is 3.98. The molecule has 2 heterocycles. The van der Waals surface area contributed by atoms with E-state index in [2.05, 4.69) is 10.6 Å². The molecule has 2 unspecified atom stereocenters. The van der Waals surface area contributed by atoms with Crippen molar-refractivity contribution in [2.45, 2.75) is 56.7 Å². The van der Waals surface area contributed by atoms with Gasteiger partial charge in [0.1, 0.15) is 6.54 Å². The number of halogens is 2. The number of anilines is 1. The van der Waals surface area contributed by atoms with Gasteiger partial charge in [-0.05, 0) is 68.5 Å². The summed E-state index contributed by atoms with van der Waals surface area (Å²) in [4.78, 5) is 54.1. The molecule has 1 spiro atoms. The third-order valence-corrected chi connectivity index (χ3v) is 7.73. The average Bonchev–Trinajstić information content (AvgIpc) is 3.47. The molecule has 2 fully saturated rings. The Morgan fingerprint density at radius 3 is 2.55 bits per heavy atom. The molecule has 2 aromatic rings. The van der Waals surface area contributed by atoms with E-state index >= 15 is 0 Å². The van der Waals surface area contributed by atoms with E-state index < -0.39 is 59.3 Å². The number of carbonyl (C=O) groups excluding carboxylic acids is 4. The standard InChI is InChI=1S/C27H28F2N4O5/c1-26(2)10-9-21(16-4-7-19(28)20(29)13-16)33(26)22(34)14-32-23(35)27(38-25(32)37)11-8-15-12-17(5-6-18(15)27)31-24(36)30-3/h4-7,12-13,21H,8-11,14H2,1-3H3,(H2,30,31,36). The van der Waals surface area contributed by atoms with Crippen LogP contribution >= 0.6 is 0 Å².